The number of hydrogen-bond donors (Lipinski definition) is 2. The summed E-state index contributed by atoms with van der Waals surface area (Å²) in [5.74, 6) is -0.902. The molecule has 3 rings (SSSR count). The van der Waals surface area contributed by atoms with Crippen LogP contribution in [0.15, 0.2) is 53.4 Å². The predicted molar refractivity (Wildman–Crippen MR) is 91.7 cm³/mol. The Morgan fingerprint density at radius 1 is 1.00 bits per heavy atom. The molecular formula is C17H15F3N2O4S. The van der Waals surface area contributed by atoms with E-state index in [1.54, 1.807) is 0 Å². The van der Waals surface area contributed by atoms with E-state index in [1.807, 2.05) is 0 Å². The minimum atomic E-state index is -5.02. The van der Waals surface area contributed by atoms with Crippen LogP contribution in [0.1, 0.15) is 12.8 Å². The lowest BCUT2D eigenvalue weighted by molar-refractivity contribution is -0.275. The van der Waals surface area contributed by atoms with E-state index in [0.717, 1.165) is 25.0 Å². The predicted octanol–water partition coefficient (Wildman–Crippen LogP) is 3.73. The summed E-state index contributed by atoms with van der Waals surface area (Å²) in [6, 6.07) is 10.2. The number of halogens is 3. The molecule has 0 spiro atoms. The molecule has 0 saturated heterocycles. The number of benzene rings is 2. The molecule has 1 saturated carbocycles. The third-order valence-corrected chi connectivity index (χ3v) is 5.14. The minimum Gasteiger partial charge on any atom is -0.404 e. The van der Waals surface area contributed by atoms with Crippen molar-refractivity contribution in [2.45, 2.75) is 24.1 Å². The van der Waals surface area contributed by atoms with Gasteiger partial charge in [0.2, 0.25) is 5.91 Å². The summed E-state index contributed by atoms with van der Waals surface area (Å²) < 4.78 is 68.3. The zero-order chi connectivity index (χ0) is 19.7. The lowest BCUT2D eigenvalue weighted by Crippen LogP contribution is -2.20. The van der Waals surface area contributed by atoms with Crippen LogP contribution in [-0.2, 0) is 14.8 Å². The summed E-state index contributed by atoms with van der Waals surface area (Å²) in [6.45, 7) is 0. The number of carbonyl (C=O) groups excluding carboxylic acids is 1. The van der Waals surface area contributed by atoms with Gasteiger partial charge < -0.3 is 10.1 Å². The van der Waals surface area contributed by atoms with Crippen LogP contribution in [0.2, 0.25) is 0 Å². The highest BCUT2D eigenvalue weighted by Gasteiger charge is 2.34. The van der Waals surface area contributed by atoms with Crippen molar-refractivity contribution in [2.24, 2.45) is 5.92 Å². The molecule has 1 aliphatic rings. The monoisotopic (exact) mass is 400 g/mol. The number of hydrogen-bond acceptors (Lipinski definition) is 4. The van der Waals surface area contributed by atoms with E-state index in [2.05, 4.69) is 14.8 Å². The second-order valence-electron chi connectivity index (χ2n) is 5.94. The molecule has 2 aromatic carbocycles. The van der Waals surface area contributed by atoms with Crippen molar-refractivity contribution in [2.75, 3.05) is 10.0 Å². The van der Waals surface area contributed by atoms with Crippen LogP contribution >= 0.6 is 0 Å². The fourth-order valence-electron chi connectivity index (χ4n) is 2.30. The van der Waals surface area contributed by atoms with Gasteiger partial charge in [-0.1, -0.05) is 12.1 Å². The third-order valence-electron chi connectivity index (χ3n) is 3.72. The van der Waals surface area contributed by atoms with Crippen molar-refractivity contribution >= 4 is 27.3 Å². The van der Waals surface area contributed by atoms with Gasteiger partial charge >= 0.3 is 6.36 Å². The molecule has 0 heterocycles. The normalized spacial score (nSPS) is 14.5. The summed E-state index contributed by atoms with van der Waals surface area (Å²) in [5, 5.41) is 2.70. The van der Waals surface area contributed by atoms with Crippen molar-refractivity contribution < 1.29 is 31.1 Å². The molecule has 144 valence electrons. The lowest BCUT2D eigenvalue weighted by atomic mass is 10.2. The number of nitrogens with one attached hydrogen (secondary N) is 2. The molecule has 0 aliphatic heterocycles. The van der Waals surface area contributed by atoms with Crippen molar-refractivity contribution in [1.29, 1.82) is 0 Å². The molecule has 0 bridgehead atoms. The van der Waals surface area contributed by atoms with Gasteiger partial charge in [0.1, 0.15) is 10.6 Å². The summed E-state index contributed by atoms with van der Waals surface area (Å²) in [6.07, 6.45) is -3.32. The SMILES string of the molecule is O=C(Nc1ccc(NS(=O)(=O)c2ccccc2OC(F)(F)F)cc1)C1CC1. The Kier molecular flexibility index (Phi) is 5.01. The number of carbonyl (C=O) groups is 1. The number of alkyl halides is 3. The van der Waals surface area contributed by atoms with E-state index in [4.69, 9.17) is 0 Å². The van der Waals surface area contributed by atoms with Gasteiger partial charge in [-0.3, -0.25) is 9.52 Å². The van der Waals surface area contributed by atoms with Crippen LogP contribution in [0.5, 0.6) is 5.75 Å². The van der Waals surface area contributed by atoms with Crippen LogP contribution in [0.3, 0.4) is 0 Å². The highest BCUT2D eigenvalue weighted by atomic mass is 32.2. The van der Waals surface area contributed by atoms with Gasteiger partial charge in [0.15, 0.2) is 0 Å². The number of ether oxygens (including phenoxy) is 1. The van der Waals surface area contributed by atoms with Crippen molar-refractivity contribution in [3.05, 3.63) is 48.5 Å². The molecule has 2 N–H and O–H groups in total. The second kappa shape index (κ2) is 7.10. The first-order valence-electron chi connectivity index (χ1n) is 7.92. The van der Waals surface area contributed by atoms with E-state index >= 15 is 0 Å². The average molecular weight is 400 g/mol. The maximum atomic E-state index is 12.5. The van der Waals surface area contributed by atoms with Crippen LogP contribution < -0.4 is 14.8 Å². The van der Waals surface area contributed by atoms with Crippen LogP contribution in [0.25, 0.3) is 0 Å². The van der Waals surface area contributed by atoms with Crippen LogP contribution in [0, 0.1) is 5.92 Å². The summed E-state index contributed by atoms with van der Waals surface area (Å²) in [4.78, 5) is 11.1. The smallest absolute Gasteiger partial charge is 0.404 e. The van der Waals surface area contributed by atoms with Gasteiger partial charge in [-0.2, -0.15) is 0 Å². The Labute approximate surface area is 153 Å². The Hall–Kier alpha value is -2.75. The molecule has 1 fully saturated rings. The Morgan fingerprint density at radius 3 is 2.19 bits per heavy atom. The van der Waals surface area contributed by atoms with Gasteiger partial charge in [0, 0.05) is 17.3 Å². The number of para-hydroxylation sites is 1. The Morgan fingerprint density at radius 2 is 1.59 bits per heavy atom. The molecule has 0 unspecified atom stereocenters. The summed E-state index contributed by atoms with van der Waals surface area (Å²) >= 11 is 0. The number of amides is 1. The van der Waals surface area contributed by atoms with Crippen LogP contribution in [-0.4, -0.2) is 20.7 Å². The van der Waals surface area contributed by atoms with E-state index in [9.17, 15) is 26.4 Å². The molecule has 2 aromatic rings. The Bertz CT molecular complexity index is 939. The van der Waals surface area contributed by atoms with Gasteiger partial charge in [-0.25, -0.2) is 8.42 Å². The summed E-state index contributed by atoms with van der Waals surface area (Å²) in [5.41, 5.74) is 0.622. The van der Waals surface area contributed by atoms with Gasteiger partial charge in [-0.05, 0) is 49.2 Å². The first kappa shape index (κ1) is 19.0. The van der Waals surface area contributed by atoms with E-state index in [1.165, 1.54) is 36.4 Å². The largest absolute Gasteiger partial charge is 0.573 e. The van der Waals surface area contributed by atoms with Crippen molar-refractivity contribution in [3.63, 3.8) is 0 Å². The molecule has 0 radical (unpaired) electrons. The molecule has 1 amide bonds. The second-order valence-corrected chi connectivity index (χ2v) is 7.59. The molecule has 0 aromatic heterocycles. The molecule has 10 heteroatoms. The fraction of sp³-hybridized carbons (Fsp3) is 0.235. The minimum absolute atomic E-state index is 0.0216. The highest BCUT2D eigenvalue weighted by molar-refractivity contribution is 7.92. The maximum Gasteiger partial charge on any atom is 0.573 e. The molecular weight excluding hydrogens is 385 g/mol. The lowest BCUT2D eigenvalue weighted by Gasteiger charge is -2.14. The van der Waals surface area contributed by atoms with Crippen molar-refractivity contribution in [1.82, 2.24) is 0 Å². The average Bonchev–Trinajstić information content (AvgIpc) is 3.40. The first-order valence-corrected chi connectivity index (χ1v) is 9.41. The maximum absolute atomic E-state index is 12.5. The van der Waals surface area contributed by atoms with Gasteiger partial charge in [0.25, 0.3) is 10.0 Å². The zero-order valence-electron chi connectivity index (χ0n) is 13.8. The standard InChI is InChI=1S/C17H15F3N2O4S/c18-17(19,20)26-14-3-1-2-4-15(14)27(24,25)22-13-9-7-12(8-10-13)21-16(23)11-5-6-11/h1-4,7-11,22H,5-6H2,(H,21,23). The zero-order valence-corrected chi connectivity index (χ0v) is 14.6. The van der Waals surface area contributed by atoms with Gasteiger partial charge in [0.05, 0.1) is 0 Å². The molecule has 0 atom stereocenters. The van der Waals surface area contributed by atoms with Crippen LogP contribution in [0.4, 0.5) is 24.5 Å². The van der Waals surface area contributed by atoms with E-state index < -0.39 is 27.0 Å². The number of sulfonamides is 1. The van der Waals surface area contributed by atoms with Gasteiger partial charge in [-0.15, -0.1) is 13.2 Å². The summed E-state index contributed by atoms with van der Waals surface area (Å²) in [7, 11) is -4.32. The number of anilines is 2. The topological polar surface area (TPSA) is 84.5 Å². The van der Waals surface area contributed by atoms with Crippen molar-refractivity contribution in [3.8, 4) is 5.75 Å². The molecule has 6 nitrogen and oxygen atoms in total. The molecule has 27 heavy (non-hydrogen) atoms. The number of rotatable bonds is 6. The Balaban J connectivity index is 1.75. The quantitative estimate of drug-likeness (QED) is 0.774. The first-order chi connectivity index (χ1) is 12.6. The third kappa shape index (κ3) is 5.13. The van der Waals surface area contributed by atoms with E-state index in [-0.39, 0.29) is 17.5 Å². The fourth-order valence-corrected chi connectivity index (χ4v) is 3.49. The van der Waals surface area contributed by atoms with E-state index in [0.29, 0.717) is 5.69 Å². The highest BCUT2D eigenvalue weighted by Crippen LogP contribution is 2.32. The molecule has 1 aliphatic carbocycles.